The lowest BCUT2D eigenvalue weighted by molar-refractivity contribution is 0.0697. The van der Waals surface area contributed by atoms with Crippen LogP contribution in [0.4, 0.5) is 5.69 Å². The Hall–Kier alpha value is -2.43. The molecule has 0 amide bonds. The molecule has 0 bridgehead atoms. The smallest absolute Gasteiger partial charge is 0.339 e. The molecule has 2 heterocycles. The minimum absolute atomic E-state index is 0.178. The second kappa shape index (κ2) is 5.48. The molecule has 0 saturated carbocycles. The minimum atomic E-state index is -0.985. The summed E-state index contributed by atoms with van der Waals surface area (Å²) in [6.07, 6.45) is 4.88. The van der Waals surface area contributed by atoms with Gasteiger partial charge in [0.1, 0.15) is 5.56 Å². The molecule has 0 aliphatic carbocycles. The van der Waals surface area contributed by atoms with Crippen LogP contribution in [-0.2, 0) is 6.54 Å². The maximum atomic E-state index is 11.1. The van der Waals surface area contributed by atoms with E-state index in [9.17, 15) is 4.79 Å². The molecule has 0 aliphatic heterocycles. The molecule has 0 spiro atoms. The molecule has 0 unspecified atom stereocenters. The summed E-state index contributed by atoms with van der Waals surface area (Å²) >= 11 is 0. The highest BCUT2D eigenvalue weighted by molar-refractivity contribution is 5.93. The van der Waals surface area contributed by atoms with E-state index >= 15 is 0 Å². The first kappa shape index (κ1) is 13.0. The molecule has 19 heavy (non-hydrogen) atoms. The highest BCUT2D eigenvalue weighted by atomic mass is 16.4. The van der Waals surface area contributed by atoms with Gasteiger partial charge in [0.15, 0.2) is 0 Å². The highest BCUT2D eigenvalue weighted by Crippen LogP contribution is 2.17. The summed E-state index contributed by atoms with van der Waals surface area (Å²) in [5.41, 5.74) is 3.69. The molecule has 0 atom stereocenters. The number of hydrogen-bond acceptors (Lipinski definition) is 4. The Labute approximate surface area is 111 Å². The van der Waals surface area contributed by atoms with Crippen LogP contribution in [-0.4, -0.2) is 21.0 Å². The molecule has 2 aromatic rings. The first-order chi connectivity index (χ1) is 9.08. The Morgan fingerprint density at radius 2 is 2.16 bits per heavy atom. The quantitative estimate of drug-likeness (QED) is 0.879. The number of hydrogen-bond donors (Lipinski definition) is 2. The van der Waals surface area contributed by atoms with E-state index in [2.05, 4.69) is 15.3 Å². The summed E-state index contributed by atoms with van der Waals surface area (Å²) in [5, 5.41) is 12.3. The molecule has 2 N–H and O–H groups in total. The van der Waals surface area contributed by atoms with E-state index in [0.717, 1.165) is 16.8 Å². The van der Waals surface area contributed by atoms with Gasteiger partial charge in [0.05, 0.1) is 5.69 Å². The van der Waals surface area contributed by atoms with Gasteiger partial charge in [0, 0.05) is 30.8 Å². The molecular weight excluding hydrogens is 242 g/mol. The first-order valence-corrected chi connectivity index (χ1v) is 5.91. The van der Waals surface area contributed by atoms with Crippen LogP contribution in [0, 0.1) is 13.8 Å². The molecule has 0 saturated heterocycles. The number of rotatable bonds is 4. The predicted octanol–water partition coefficient (Wildman–Crippen LogP) is 2.40. The summed E-state index contributed by atoms with van der Waals surface area (Å²) in [4.78, 5) is 19.2. The van der Waals surface area contributed by atoms with Gasteiger partial charge in [0.2, 0.25) is 0 Å². The van der Waals surface area contributed by atoms with Crippen LogP contribution in [0.3, 0.4) is 0 Å². The molecule has 0 radical (unpaired) electrons. The molecule has 0 fully saturated rings. The summed E-state index contributed by atoms with van der Waals surface area (Å²) in [6.45, 7) is 4.35. The van der Waals surface area contributed by atoms with E-state index in [1.807, 2.05) is 19.9 Å². The fourth-order valence-electron chi connectivity index (χ4n) is 1.77. The monoisotopic (exact) mass is 257 g/mol. The van der Waals surface area contributed by atoms with Gasteiger partial charge in [-0.05, 0) is 37.1 Å². The van der Waals surface area contributed by atoms with Crippen LogP contribution in [0.5, 0.6) is 0 Å². The maximum Gasteiger partial charge on any atom is 0.339 e. The van der Waals surface area contributed by atoms with Crippen LogP contribution < -0.4 is 5.32 Å². The number of nitrogens with zero attached hydrogens (tertiary/aromatic N) is 2. The van der Waals surface area contributed by atoms with Crippen LogP contribution in [0.15, 0.2) is 30.7 Å². The van der Waals surface area contributed by atoms with Gasteiger partial charge >= 0.3 is 5.97 Å². The SMILES string of the molecule is Cc1cc(NCc2ccncc2C)c(C(=O)O)cn1. The van der Waals surface area contributed by atoms with Crippen molar-refractivity contribution in [3.05, 3.63) is 53.1 Å². The van der Waals surface area contributed by atoms with Crippen molar-refractivity contribution >= 4 is 11.7 Å². The number of pyridine rings is 2. The van der Waals surface area contributed by atoms with Crippen LogP contribution >= 0.6 is 0 Å². The van der Waals surface area contributed by atoms with Crippen molar-refractivity contribution in [2.45, 2.75) is 20.4 Å². The van der Waals surface area contributed by atoms with Crippen molar-refractivity contribution in [3.63, 3.8) is 0 Å². The van der Waals surface area contributed by atoms with Crippen LogP contribution in [0.1, 0.15) is 27.2 Å². The number of aryl methyl sites for hydroxylation is 2. The van der Waals surface area contributed by atoms with Gasteiger partial charge in [-0.2, -0.15) is 0 Å². The molecule has 5 heteroatoms. The third kappa shape index (κ3) is 3.07. The average Bonchev–Trinajstić information content (AvgIpc) is 2.37. The summed E-state index contributed by atoms with van der Waals surface area (Å²) in [6, 6.07) is 3.65. The lowest BCUT2D eigenvalue weighted by atomic mass is 10.1. The van der Waals surface area contributed by atoms with E-state index in [1.54, 1.807) is 18.5 Å². The normalized spacial score (nSPS) is 10.2. The third-order valence-electron chi connectivity index (χ3n) is 2.88. The number of nitrogens with one attached hydrogen (secondary N) is 1. The Kier molecular flexibility index (Phi) is 3.75. The number of carboxylic acids is 1. The fraction of sp³-hybridized carbons (Fsp3) is 0.214. The zero-order valence-electron chi connectivity index (χ0n) is 10.8. The van der Waals surface area contributed by atoms with Crippen LogP contribution in [0.25, 0.3) is 0 Å². The number of carboxylic acid groups (broad SMARTS) is 1. The van der Waals surface area contributed by atoms with Gasteiger partial charge in [0.25, 0.3) is 0 Å². The number of carbonyl (C=O) groups is 1. The lowest BCUT2D eigenvalue weighted by Gasteiger charge is -2.11. The van der Waals surface area contributed by atoms with Crippen molar-refractivity contribution in [1.29, 1.82) is 0 Å². The average molecular weight is 257 g/mol. The van der Waals surface area contributed by atoms with Gasteiger partial charge in [-0.3, -0.25) is 9.97 Å². The Morgan fingerprint density at radius 3 is 2.84 bits per heavy atom. The Morgan fingerprint density at radius 1 is 1.37 bits per heavy atom. The van der Waals surface area contributed by atoms with E-state index in [0.29, 0.717) is 12.2 Å². The first-order valence-electron chi connectivity index (χ1n) is 5.91. The van der Waals surface area contributed by atoms with Gasteiger partial charge in [-0.25, -0.2) is 4.79 Å². The number of aromatic nitrogens is 2. The van der Waals surface area contributed by atoms with E-state index in [1.165, 1.54) is 6.20 Å². The Bertz CT molecular complexity index is 611. The zero-order chi connectivity index (χ0) is 13.8. The van der Waals surface area contributed by atoms with Crippen molar-refractivity contribution < 1.29 is 9.90 Å². The molecular formula is C14H15N3O2. The molecule has 98 valence electrons. The van der Waals surface area contributed by atoms with Gasteiger partial charge in [-0.1, -0.05) is 0 Å². The fourth-order valence-corrected chi connectivity index (χ4v) is 1.77. The van der Waals surface area contributed by atoms with Crippen molar-refractivity contribution in [2.24, 2.45) is 0 Å². The van der Waals surface area contributed by atoms with E-state index in [4.69, 9.17) is 5.11 Å². The third-order valence-corrected chi connectivity index (χ3v) is 2.88. The predicted molar refractivity (Wildman–Crippen MR) is 72.2 cm³/mol. The second-order valence-corrected chi connectivity index (χ2v) is 4.33. The van der Waals surface area contributed by atoms with Crippen molar-refractivity contribution in [1.82, 2.24) is 9.97 Å². The number of aromatic carboxylic acids is 1. The van der Waals surface area contributed by atoms with Crippen molar-refractivity contribution in [3.8, 4) is 0 Å². The Balaban J connectivity index is 2.22. The van der Waals surface area contributed by atoms with Crippen molar-refractivity contribution in [2.75, 3.05) is 5.32 Å². The van der Waals surface area contributed by atoms with E-state index in [-0.39, 0.29) is 5.56 Å². The van der Waals surface area contributed by atoms with Gasteiger partial charge in [-0.15, -0.1) is 0 Å². The van der Waals surface area contributed by atoms with Crippen LogP contribution in [0.2, 0.25) is 0 Å². The van der Waals surface area contributed by atoms with Gasteiger partial charge < -0.3 is 10.4 Å². The standard InChI is InChI=1S/C14H15N3O2/c1-9-6-15-4-3-11(9)7-17-13-5-10(2)16-8-12(13)14(18)19/h3-6,8H,7H2,1-2H3,(H,16,17)(H,18,19). The molecule has 2 rings (SSSR count). The lowest BCUT2D eigenvalue weighted by Crippen LogP contribution is -2.08. The molecule has 2 aromatic heterocycles. The second-order valence-electron chi connectivity index (χ2n) is 4.33. The maximum absolute atomic E-state index is 11.1. The minimum Gasteiger partial charge on any atom is -0.478 e. The largest absolute Gasteiger partial charge is 0.478 e. The zero-order valence-corrected chi connectivity index (χ0v) is 10.8. The molecule has 0 aliphatic rings. The molecule has 5 nitrogen and oxygen atoms in total. The topological polar surface area (TPSA) is 75.1 Å². The number of anilines is 1. The summed E-state index contributed by atoms with van der Waals surface area (Å²) in [7, 11) is 0. The summed E-state index contributed by atoms with van der Waals surface area (Å²) in [5.74, 6) is -0.985. The van der Waals surface area contributed by atoms with E-state index < -0.39 is 5.97 Å². The molecule has 0 aromatic carbocycles. The highest BCUT2D eigenvalue weighted by Gasteiger charge is 2.10. The summed E-state index contributed by atoms with van der Waals surface area (Å²) < 4.78 is 0.